The van der Waals surface area contributed by atoms with E-state index in [1.54, 1.807) is 36.4 Å². The van der Waals surface area contributed by atoms with Crippen LogP contribution in [0.15, 0.2) is 82.2 Å². The highest BCUT2D eigenvalue weighted by molar-refractivity contribution is 9.10. The summed E-state index contributed by atoms with van der Waals surface area (Å²) >= 11 is 3.28. The van der Waals surface area contributed by atoms with Gasteiger partial charge in [0.15, 0.2) is 0 Å². The molecule has 0 aromatic heterocycles. The van der Waals surface area contributed by atoms with Crippen molar-refractivity contribution in [2.24, 2.45) is 0 Å². The molecular formula is C20H18BrN3O4S. The van der Waals surface area contributed by atoms with Crippen LogP contribution in [0.1, 0.15) is 0 Å². The summed E-state index contributed by atoms with van der Waals surface area (Å²) < 4.78 is 33.5. The van der Waals surface area contributed by atoms with Crippen LogP contribution in [-0.4, -0.2) is 21.6 Å². The monoisotopic (exact) mass is 475 g/mol. The highest BCUT2D eigenvalue weighted by Crippen LogP contribution is 2.28. The molecule has 0 saturated heterocycles. The predicted octanol–water partition coefficient (Wildman–Crippen LogP) is 4.90. The molecule has 3 aromatic rings. The topological polar surface area (TPSA) is 96.5 Å². The Morgan fingerprint density at radius 1 is 0.862 bits per heavy atom. The first-order chi connectivity index (χ1) is 13.9. The molecule has 3 N–H and O–H groups in total. The van der Waals surface area contributed by atoms with Gasteiger partial charge in [-0.15, -0.1) is 0 Å². The molecule has 0 bridgehead atoms. The van der Waals surface area contributed by atoms with Gasteiger partial charge in [-0.3, -0.25) is 4.72 Å². The van der Waals surface area contributed by atoms with Crippen molar-refractivity contribution in [2.45, 2.75) is 4.90 Å². The van der Waals surface area contributed by atoms with E-state index in [-0.39, 0.29) is 4.90 Å². The van der Waals surface area contributed by atoms with Gasteiger partial charge in [-0.2, -0.15) is 0 Å². The number of carbonyl (C=O) groups is 1. The normalized spacial score (nSPS) is 10.8. The molecule has 9 heteroatoms. The number of methoxy groups -OCH3 is 1. The van der Waals surface area contributed by atoms with Crippen LogP contribution in [0, 0.1) is 0 Å². The highest BCUT2D eigenvalue weighted by atomic mass is 79.9. The zero-order valence-corrected chi connectivity index (χ0v) is 17.7. The molecule has 3 rings (SSSR count). The van der Waals surface area contributed by atoms with Crippen molar-refractivity contribution in [3.63, 3.8) is 0 Å². The molecule has 0 spiro atoms. The van der Waals surface area contributed by atoms with E-state index in [2.05, 4.69) is 31.3 Å². The molecule has 29 heavy (non-hydrogen) atoms. The van der Waals surface area contributed by atoms with E-state index in [1.807, 2.05) is 18.2 Å². The Morgan fingerprint density at radius 3 is 2.21 bits per heavy atom. The quantitative estimate of drug-likeness (QED) is 0.472. The highest BCUT2D eigenvalue weighted by Gasteiger charge is 2.16. The number of anilines is 3. The van der Waals surface area contributed by atoms with Gasteiger partial charge >= 0.3 is 6.03 Å². The van der Waals surface area contributed by atoms with E-state index in [4.69, 9.17) is 4.74 Å². The summed E-state index contributed by atoms with van der Waals surface area (Å²) in [5.41, 5.74) is 1.40. The molecule has 0 radical (unpaired) electrons. The van der Waals surface area contributed by atoms with Crippen molar-refractivity contribution in [2.75, 3.05) is 22.5 Å². The summed E-state index contributed by atoms with van der Waals surface area (Å²) in [7, 11) is -2.32. The zero-order valence-electron chi connectivity index (χ0n) is 15.3. The maximum Gasteiger partial charge on any atom is 0.323 e. The lowest BCUT2D eigenvalue weighted by Crippen LogP contribution is -2.19. The summed E-state index contributed by atoms with van der Waals surface area (Å²) in [6.07, 6.45) is 0. The predicted molar refractivity (Wildman–Crippen MR) is 117 cm³/mol. The first kappa shape index (κ1) is 20.7. The van der Waals surface area contributed by atoms with Gasteiger partial charge in [-0.1, -0.05) is 24.3 Å². The van der Waals surface area contributed by atoms with E-state index in [1.165, 1.54) is 25.3 Å². The number of sulfonamides is 1. The average Bonchev–Trinajstić information content (AvgIpc) is 2.68. The number of para-hydroxylation sites is 1. The third-order valence-corrected chi connectivity index (χ3v) is 5.84. The van der Waals surface area contributed by atoms with E-state index in [0.717, 1.165) is 0 Å². The fraction of sp³-hybridized carbons (Fsp3) is 0.0500. The maximum absolute atomic E-state index is 12.7. The Balaban J connectivity index is 1.72. The number of halogens is 1. The minimum absolute atomic E-state index is 0.0744. The van der Waals surface area contributed by atoms with Crippen LogP contribution < -0.4 is 20.1 Å². The maximum atomic E-state index is 12.7. The fourth-order valence-corrected chi connectivity index (χ4v) is 4.27. The number of benzene rings is 3. The van der Waals surface area contributed by atoms with Gasteiger partial charge in [0.25, 0.3) is 10.0 Å². The van der Waals surface area contributed by atoms with Gasteiger partial charge in [0, 0.05) is 11.4 Å². The molecular weight excluding hydrogens is 458 g/mol. The largest absolute Gasteiger partial charge is 0.496 e. The van der Waals surface area contributed by atoms with Crippen molar-refractivity contribution in [3.05, 3.63) is 77.3 Å². The van der Waals surface area contributed by atoms with Crippen LogP contribution in [0.2, 0.25) is 0 Å². The fourth-order valence-electron chi connectivity index (χ4n) is 2.50. The van der Waals surface area contributed by atoms with Crippen molar-refractivity contribution < 1.29 is 17.9 Å². The van der Waals surface area contributed by atoms with E-state index in [0.29, 0.717) is 27.3 Å². The van der Waals surface area contributed by atoms with Crippen molar-refractivity contribution >= 4 is 49.0 Å². The minimum Gasteiger partial charge on any atom is -0.496 e. The zero-order chi connectivity index (χ0) is 20.9. The van der Waals surface area contributed by atoms with Crippen molar-refractivity contribution in [1.29, 1.82) is 0 Å². The Kier molecular flexibility index (Phi) is 6.40. The summed E-state index contributed by atoms with van der Waals surface area (Å²) in [6.45, 7) is 0. The Morgan fingerprint density at radius 2 is 1.52 bits per heavy atom. The van der Waals surface area contributed by atoms with E-state index >= 15 is 0 Å². The van der Waals surface area contributed by atoms with Crippen LogP contribution in [0.5, 0.6) is 5.75 Å². The second-order valence-electron chi connectivity index (χ2n) is 5.93. The minimum atomic E-state index is -3.82. The number of nitrogens with one attached hydrogen (secondary N) is 3. The second-order valence-corrected chi connectivity index (χ2v) is 8.46. The SMILES string of the molecule is COc1ccc(S(=O)(=O)Nc2cccc(NC(=O)Nc3ccccc3)c2)cc1Br. The van der Waals surface area contributed by atoms with Crippen LogP contribution >= 0.6 is 15.9 Å². The van der Waals surface area contributed by atoms with Gasteiger partial charge < -0.3 is 15.4 Å². The van der Waals surface area contributed by atoms with E-state index < -0.39 is 16.1 Å². The Labute approximate surface area is 177 Å². The van der Waals surface area contributed by atoms with Gasteiger partial charge in [-0.25, -0.2) is 13.2 Å². The first-order valence-electron chi connectivity index (χ1n) is 8.47. The molecule has 3 aromatic carbocycles. The number of hydrogen-bond donors (Lipinski definition) is 3. The summed E-state index contributed by atoms with van der Waals surface area (Å²) in [5, 5.41) is 5.37. The molecule has 0 aliphatic carbocycles. The number of ether oxygens (including phenoxy) is 1. The number of urea groups is 1. The van der Waals surface area contributed by atoms with Crippen LogP contribution in [0.3, 0.4) is 0 Å². The molecule has 7 nitrogen and oxygen atoms in total. The van der Waals surface area contributed by atoms with Gasteiger partial charge in [0.2, 0.25) is 0 Å². The average molecular weight is 476 g/mol. The lowest BCUT2D eigenvalue weighted by molar-refractivity contribution is 0.262. The molecule has 0 heterocycles. The lowest BCUT2D eigenvalue weighted by atomic mass is 10.3. The van der Waals surface area contributed by atoms with E-state index in [9.17, 15) is 13.2 Å². The van der Waals surface area contributed by atoms with Crippen LogP contribution in [0.25, 0.3) is 0 Å². The number of hydrogen-bond acceptors (Lipinski definition) is 4. The van der Waals surface area contributed by atoms with Crippen LogP contribution in [-0.2, 0) is 10.0 Å². The van der Waals surface area contributed by atoms with Crippen molar-refractivity contribution in [3.8, 4) is 5.75 Å². The summed E-state index contributed by atoms with van der Waals surface area (Å²) in [4.78, 5) is 12.2. The molecule has 2 amide bonds. The first-order valence-corrected chi connectivity index (χ1v) is 10.7. The number of rotatable bonds is 6. The van der Waals surface area contributed by atoms with Gasteiger partial charge in [-0.05, 0) is 64.5 Å². The van der Waals surface area contributed by atoms with Gasteiger partial charge in [0.05, 0.1) is 22.2 Å². The summed E-state index contributed by atoms with van der Waals surface area (Å²) in [6, 6.07) is 19.4. The number of amides is 2. The third-order valence-electron chi connectivity index (χ3n) is 3.84. The Bertz CT molecular complexity index is 1120. The molecule has 0 fully saturated rings. The molecule has 150 valence electrons. The van der Waals surface area contributed by atoms with Gasteiger partial charge in [0.1, 0.15) is 5.75 Å². The smallest absolute Gasteiger partial charge is 0.323 e. The molecule has 0 aliphatic rings. The lowest BCUT2D eigenvalue weighted by Gasteiger charge is -2.12. The van der Waals surface area contributed by atoms with Crippen molar-refractivity contribution in [1.82, 2.24) is 0 Å². The Hall–Kier alpha value is -3.04. The molecule has 0 aliphatic heterocycles. The second kappa shape index (κ2) is 8.97. The molecule has 0 unspecified atom stereocenters. The molecule has 0 saturated carbocycles. The third kappa shape index (κ3) is 5.49. The molecule has 0 atom stereocenters. The summed E-state index contributed by atoms with van der Waals surface area (Å²) in [5.74, 6) is 0.527. The standard InChI is InChI=1S/C20H18BrN3O4S/c1-28-19-11-10-17(13-18(19)21)29(26,27)24-16-9-5-8-15(12-16)23-20(25)22-14-6-3-2-4-7-14/h2-13,24H,1H3,(H2,22,23,25). The van der Waals surface area contributed by atoms with Crippen LogP contribution in [0.4, 0.5) is 21.9 Å². The number of carbonyl (C=O) groups excluding carboxylic acids is 1.